The molecule has 6 heteroatoms. The van der Waals surface area contributed by atoms with E-state index in [-0.39, 0.29) is 0 Å². The maximum atomic E-state index is 5.34. The highest BCUT2D eigenvalue weighted by Crippen LogP contribution is 2.11. The molecular weight excluding hydrogens is 216 g/mol. The molecule has 94 valence electrons. The van der Waals surface area contributed by atoms with Crippen LogP contribution in [-0.4, -0.2) is 59.5 Å². The van der Waals surface area contributed by atoms with Crippen molar-refractivity contribution < 1.29 is 0 Å². The first-order chi connectivity index (χ1) is 8.19. The van der Waals surface area contributed by atoms with E-state index < -0.39 is 0 Å². The normalized spacial score (nSPS) is 22.6. The van der Waals surface area contributed by atoms with E-state index in [4.69, 9.17) is 5.84 Å². The Kier molecular flexibility index (Phi) is 3.88. The van der Waals surface area contributed by atoms with Crippen LogP contribution in [0, 0.1) is 0 Å². The van der Waals surface area contributed by atoms with Crippen molar-refractivity contribution in [3.8, 4) is 0 Å². The van der Waals surface area contributed by atoms with Gasteiger partial charge in [-0.15, -0.1) is 0 Å². The van der Waals surface area contributed by atoms with Crippen molar-refractivity contribution in [2.75, 3.05) is 39.2 Å². The molecule has 2 rings (SSSR count). The predicted molar refractivity (Wildman–Crippen MR) is 67.5 cm³/mol. The van der Waals surface area contributed by atoms with Gasteiger partial charge in [-0.3, -0.25) is 0 Å². The van der Waals surface area contributed by atoms with E-state index in [0.717, 1.165) is 31.9 Å². The van der Waals surface area contributed by atoms with Crippen LogP contribution >= 0.6 is 0 Å². The Bertz CT molecular complexity index is 369. The van der Waals surface area contributed by atoms with Crippen molar-refractivity contribution >= 4 is 5.82 Å². The van der Waals surface area contributed by atoms with Crippen molar-refractivity contribution in [1.29, 1.82) is 0 Å². The molecule has 1 atom stereocenters. The molecule has 0 aromatic carbocycles. The molecule has 1 aliphatic rings. The quantitative estimate of drug-likeness (QED) is 0.547. The van der Waals surface area contributed by atoms with Crippen LogP contribution in [0.25, 0.3) is 0 Å². The number of hydrazine groups is 1. The number of nitrogen functional groups attached to an aromatic ring is 1. The van der Waals surface area contributed by atoms with Gasteiger partial charge in [0.2, 0.25) is 0 Å². The minimum atomic E-state index is 0.474. The van der Waals surface area contributed by atoms with E-state index in [1.54, 1.807) is 12.3 Å². The van der Waals surface area contributed by atoms with Gasteiger partial charge in [0.1, 0.15) is 11.6 Å². The molecule has 1 aromatic rings. The lowest BCUT2D eigenvalue weighted by Gasteiger charge is -2.37. The Morgan fingerprint density at radius 2 is 2.29 bits per heavy atom. The number of nitrogens with one attached hydrogen (secondary N) is 1. The van der Waals surface area contributed by atoms with Gasteiger partial charge >= 0.3 is 0 Å². The molecule has 0 radical (unpaired) electrons. The Hall–Kier alpha value is -1.24. The van der Waals surface area contributed by atoms with E-state index in [1.807, 2.05) is 0 Å². The number of likely N-dealkylation sites (N-methyl/N-ethyl adjacent to an activating group) is 2. The topological polar surface area (TPSA) is 70.3 Å². The predicted octanol–water partition coefficient (Wildman–Crippen LogP) is -0.449. The molecule has 0 saturated carbocycles. The third-order valence-corrected chi connectivity index (χ3v) is 3.25. The SMILES string of the molecule is CN1CCN(C)C(Cc2nccc(NN)n2)C1. The number of nitrogens with zero attached hydrogens (tertiary/aromatic N) is 4. The highest BCUT2D eigenvalue weighted by molar-refractivity contribution is 5.30. The van der Waals surface area contributed by atoms with Gasteiger partial charge < -0.3 is 15.2 Å². The first-order valence-electron chi connectivity index (χ1n) is 5.86. The van der Waals surface area contributed by atoms with Crippen LogP contribution in [0.5, 0.6) is 0 Å². The summed E-state index contributed by atoms with van der Waals surface area (Å²) in [5.74, 6) is 6.85. The molecule has 0 amide bonds. The third-order valence-electron chi connectivity index (χ3n) is 3.25. The van der Waals surface area contributed by atoms with Crippen LogP contribution in [-0.2, 0) is 6.42 Å². The van der Waals surface area contributed by atoms with Gasteiger partial charge in [0.05, 0.1) is 0 Å². The van der Waals surface area contributed by atoms with E-state index in [2.05, 4.69) is 39.3 Å². The number of nitrogens with two attached hydrogens (primary N) is 1. The van der Waals surface area contributed by atoms with E-state index in [9.17, 15) is 0 Å². The summed E-state index contributed by atoms with van der Waals surface area (Å²) in [7, 11) is 4.31. The van der Waals surface area contributed by atoms with Crippen LogP contribution in [0.2, 0.25) is 0 Å². The van der Waals surface area contributed by atoms with E-state index in [1.165, 1.54) is 0 Å². The van der Waals surface area contributed by atoms with Crippen molar-refractivity contribution in [3.63, 3.8) is 0 Å². The molecule has 1 aliphatic heterocycles. The first-order valence-corrected chi connectivity index (χ1v) is 5.86. The van der Waals surface area contributed by atoms with Gasteiger partial charge in [-0.1, -0.05) is 0 Å². The Morgan fingerprint density at radius 3 is 3.06 bits per heavy atom. The van der Waals surface area contributed by atoms with Gasteiger partial charge in [0.15, 0.2) is 0 Å². The lowest BCUT2D eigenvalue weighted by atomic mass is 10.1. The second-order valence-corrected chi connectivity index (χ2v) is 4.60. The highest BCUT2D eigenvalue weighted by atomic mass is 15.3. The maximum Gasteiger partial charge on any atom is 0.143 e. The minimum Gasteiger partial charge on any atom is -0.308 e. The van der Waals surface area contributed by atoms with Crippen LogP contribution in [0.4, 0.5) is 5.82 Å². The molecule has 0 aliphatic carbocycles. The van der Waals surface area contributed by atoms with Gasteiger partial charge in [-0.05, 0) is 14.1 Å². The van der Waals surface area contributed by atoms with Gasteiger partial charge in [0.25, 0.3) is 0 Å². The molecule has 0 bridgehead atoms. The smallest absolute Gasteiger partial charge is 0.143 e. The maximum absolute atomic E-state index is 5.34. The number of rotatable bonds is 3. The molecule has 1 unspecified atom stereocenters. The largest absolute Gasteiger partial charge is 0.308 e. The number of hydrogen-bond donors (Lipinski definition) is 2. The molecule has 0 spiro atoms. The lowest BCUT2D eigenvalue weighted by molar-refractivity contribution is 0.113. The summed E-state index contributed by atoms with van der Waals surface area (Å²) in [5, 5.41) is 0. The van der Waals surface area contributed by atoms with E-state index >= 15 is 0 Å². The zero-order chi connectivity index (χ0) is 12.3. The average molecular weight is 236 g/mol. The minimum absolute atomic E-state index is 0.474. The van der Waals surface area contributed by atoms with Crippen molar-refractivity contribution in [2.24, 2.45) is 5.84 Å². The number of anilines is 1. The summed E-state index contributed by atoms with van der Waals surface area (Å²) < 4.78 is 0. The molecule has 1 aromatic heterocycles. The van der Waals surface area contributed by atoms with Gasteiger partial charge in [0, 0.05) is 44.4 Å². The monoisotopic (exact) mass is 236 g/mol. The molecular formula is C11H20N6. The summed E-state index contributed by atoms with van der Waals surface area (Å²) in [6, 6.07) is 2.24. The van der Waals surface area contributed by atoms with Gasteiger partial charge in [-0.2, -0.15) is 0 Å². The molecule has 3 N–H and O–H groups in total. The lowest BCUT2D eigenvalue weighted by Crippen LogP contribution is -2.50. The number of piperazine rings is 1. The summed E-state index contributed by atoms with van der Waals surface area (Å²) in [4.78, 5) is 13.4. The van der Waals surface area contributed by atoms with Gasteiger partial charge in [-0.25, -0.2) is 15.8 Å². The number of aromatic nitrogens is 2. The fourth-order valence-corrected chi connectivity index (χ4v) is 2.11. The third kappa shape index (κ3) is 3.12. The highest BCUT2D eigenvalue weighted by Gasteiger charge is 2.23. The zero-order valence-electron chi connectivity index (χ0n) is 10.4. The van der Waals surface area contributed by atoms with Crippen molar-refractivity contribution in [3.05, 3.63) is 18.1 Å². The van der Waals surface area contributed by atoms with Crippen LogP contribution in [0.15, 0.2) is 12.3 Å². The standard InChI is InChI=1S/C11H20N6/c1-16-5-6-17(2)9(8-16)7-11-13-4-3-10(14-11)15-12/h3-4,9H,5-8,12H2,1-2H3,(H,13,14,15). The molecule has 1 saturated heterocycles. The van der Waals surface area contributed by atoms with Crippen molar-refractivity contribution in [2.45, 2.75) is 12.5 Å². The number of hydrogen-bond acceptors (Lipinski definition) is 6. The molecule has 1 fully saturated rings. The Labute approximate surface area is 102 Å². The zero-order valence-corrected chi connectivity index (χ0v) is 10.4. The van der Waals surface area contributed by atoms with E-state index in [0.29, 0.717) is 11.9 Å². The molecule has 2 heterocycles. The summed E-state index contributed by atoms with van der Waals surface area (Å²) in [6.45, 7) is 3.27. The molecule has 17 heavy (non-hydrogen) atoms. The van der Waals surface area contributed by atoms with Crippen LogP contribution in [0.1, 0.15) is 5.82 Å². The fraction of sp³-hybridized carbons (Fsp3) is 0.636. The first kappa shape index (κ1) is 12.2. The van der Waals surface area contributed by atoms with Crippen LogP contribution in [0.3, 0.4) is 0 Å². The van der Waals surface area contributed by atoms with Crippen molar-refractivity contribution in [1.82, 2.24) is 19.8 Å². The Morgan fingerprint density at radius 1 is 1.47 bits per heavy atom. The summed E-state index contributed by atoms with van der Waals surface area (Å²) >= 11 is 0. The Balaban J connectivity index is 2.03. The summed E-state index contributed by atoms with van der Waals surface area (Å²) in [6.07, 6.45) is 2.60. The fourth-order valence-electron chi connectivity index (χ4n) is 2.11. The van der Waals surface area contributed by atoms with Crippen LogP contribution < -0.4 is 11.3 Å². The summed E-state index contributed by atoms with van der Waals surface area (Å²) in [5.41, 5.74) is 2.55. The second kappa shape index (κ2) is 5.39. The second-order valence-electron chi connectivity index (χ2n) is 4.60. The molecule has 6 nitrogen and oxygen atoms in total. The average Bonchev–Trinajstić information content (AvgIpc) is 2.34.